The van der Waals surface area contributed by atoms with E-state index in [2.05, 4.69) is 5.32 Å². The zero-order chi connectivity index (χ0) is 15.9. The Morgan fingerprint density at radius 1 is 1.29 bits per heavy atom. The summed E-state index contributed by atoms with van der Waals surface area (Å²) >= 11 is 0. The minimum absolute atomic E-state index is 0.313. The number of likely N-dealkylation sites (N-methyl/N-ethyl adjacent to an activating group) is 1. The Bertz CT molecular complexity index is 352. The van der Waals surface area contributed by atoms with E-state index in [4.69, 9.17) is 4.74 Å². The summed E-state index contributed by atoms with van der Waals surface area (Å²) in [6.07, 6.45) is 6.23. The molecule has 0 saturated heterocycles. The number of amides is 2. The fourth-order valence-electron chi connectivity index (χ4n) is 2.62. The van der Waals surface area contributed by atoms with E-state index < -0.39 is 11.5 Å². The first kappa shape index (κ1) is 17.8. The summed E-state index contributed by atoms with van der Waals surface area (Å²) in [6.45, 7) is 6.04. The molecule has 0 aliphatic heterocycles. The highest BCUT2D eigenvalue weighted by molar-refractivity contribution is 5.85. The Morgan fingerprint density at radius 2 is 1.90 bits per heavy atom. The van der Waals surface area contributed by atoms with Crippen LogP contribution in [-0.4, -0.2) is 53.3 Å². The zero-order valence-corrected chi connectivity index (χ0v) is 13.4. The van der Waals surface area contributed by atoms with Crippen LogP contribution >= 0.6 is 0 Å². The number of ether oxygens (including phenoxy) is 1. The predicted molar refractivity (Wildman–Crippen MR) is 80.3 cm³/mol. The largest absolute Gasteiger partial charge is 0.480 e. The number of aliphatic carboxylic acids is 1. The van der Waals surface area contributed by atoms with Gasteiger partial charge in [-0.2, -0.15) is 0 Å². The van der Waals surface area contributed by atoms with Crippen LogP contribution in [0.25, 0.3) is 0 Å². The number of carbonyl (C=O) groups is 2. The topological polar surface area (TPSA) is 78.9 Å². The van der Waals surface area contributed by atoms with Gasteiger partial charge in [0.1, 0.15) is 5.54 Å². The maximum absolute atomic E-state index is 12.1. The molecule has 0 spiro atoms. The van der Waals surface area contributed by atoms with E-state index in [-0.39, 0.29) is 6.03 Å². The van der Waals surface area contributed by atoms with E-state index in [1.165, 1.54) is 38.0 Å². The van der Waals surface area contributed by atoms with Crippen molar-refractivity contribution in [2.45, 2.75) is 64.5 Å². The molecule has 0 bridgehead atoms. The minimum atomic E-state index is -1.22. The Labute approximate surface area is 126 Å². The third-order valence-corrected chi connectivity index (χ3v) is 4.04. The van der Waals surface area contributed by atoms with Gasteiger partial charge in [0, 0.05) is 13.1 Å². The van der Waals surface area contributed by atoms with Crippen molar-refractivity contribution in [3.8, 4) is 0 Å². The second-order valence-corrected chi connectivity index (χ2v) is 5.97. The molecule has 2 N–H and O–H groups in total. The highest BCUT2D eigenvalue weighted by Crippen LogP contribution is 2.20. The number of hydrogen-bond acceptors (Lipinski definition) is 3. The van der Waals surface area contributed by atoms with Gasteiger partial charge in [0.15, 0.2) is 0 Å². The average Bonchev–Trinajstić information content (AvgIpc) is 2.45. The van der Waals surface area contributed by atoms with Crippen LogP contribution in [0.4, 0.5) is 4.79 Å². The second kappa shape index (κ2) is 8.22. The maximum atomic E-state index is 12.1. The molecule has 2 amide bonds. The van der Waals surface area contributed by atoms with Gasteiger partial charge in [-0.05, 0) is 33.6 Å². The van der Waals surface area contributed by atoms with Crippen LogP contribution in [0.1, 0.15) is 52.9 Å². The van der Waals surface area contributed by atoms with Crippen LogP contribution in [0.2, 0.25) is 0 Å². The van der Waals surface area contributed by atoms with Crippen molar-refractivity contribution in [2.24, 2.45) is 0 Å². The fourth-order valence-corrected chi connectivity index (χ4v) is 2.62. The third kappa shape index (κ3) is 5.19. The van der Waals surface area contributed by atoms with Gasteiger partial charge in [0.05, 0.1) is 12.7 Å². The minimum Gasteiger partial charge on any atom is -0.480 e. The lowest BCUT2D eigenvalue weighted by Crippen LogP contribution is -2.56. The maximum Gasteiger partial charge on any atom is 0.329 e. The SMILES string of the molecule is CCN(C(=O)NCCOC1CCCCC1)C(C)(C)C(=O)O. The molecule has 6 nitrogen and oxygen atoms in total. The summed E-state index contributed by atoms with van der Waals surface area (Å²) in [4.78, 5) is 24.6. The van der Waals surface area contributed by atoms with Gasteiger partial charge in [0.25, 0.3) is 0 Å². The molecule has 6 heteroatoms. The molecule has 0 unspecified atom stereocenters. The third-order valence-electron chi connectivity index (χ3n) is 4.04. The molecule has 1 fully saturated rings. The van der Waals surface area contributed by atoms with Gasteiger partial charge in [0.2, 0.25) is 0 Å². The van der Waals surface area contributed by atoms with Crippen molar-refractivity contribution in [3.05, 3.63) is 0 Å². The van der Waals surface area contributed by atoms with E-state index in [9.17, 15) is 14.7 Å². The Hall–Kier alpha value is -1.30. The van der Waals surface area contributed by atoms with E-state index in [0.717, 1.165) is 12.8 Å². The molecule has 0 aromatic rings. The molecule has 0 aromatic carbocycles. The molecule has 0 heterocycles. The molecular weight excluding hydrogens is 272 g/mol. The van der Waals surface area contributed by atoms with Crippen molar-refractivity contribution in [1.29, 1.82) is 0 Å². The number of carbonyl (C=O) groups excluding carboxylic acids is 1. The van der Waals surface area contributed by atoms with Gasteiger partial charge >= 0.3 is 12.0 Å². The predicted octanol–water partition coefficient (Wildman–Crippen LogP) is 2.23. The lowest BCUT2D eigenvalue weighted by molar-refractivity contribution is -0.147. The quantitative estimate of drug-likeness (QED) is 0.707. The fraction of sp³-hybridized carbons (Fsp3) is 0.867. The van der Waals surface area contributed by atoms with Gasteiger partial charge in [-0.15, -0.1) is 0 Å². The van der Waals surface area contributed by atoms with Gasteiger partial charge < -0.3 is 20.1 Å². The molecule has 1 aliphatic carbocycles. The number of urea groups is 1. The second-order valence-electron chi connectivity index (χ2n) is 5.97. The highest BCUT2D eigenvalue weighted by atomic mass is 16.5. The van der Waals surface area contributed by atoms with Gasteiger partial charge in [-0.1, -0.05) is 19.3 Å². The molecule has 0 atom stereocenters. The molecule has 1 rings (SSSR count). The van der Waals surface area contributed by atoms with Crippen LogP contribution in [0.15, 0.2) is 0 Å². The Balaban J connectivity index is 2.32. The Kier molecular flexibility index (Phi) is 6.95. The summed E-state index contributed by atoms with van der Waals surface area (Å²) in [7, 11) is 0. The monoisotopic (exact) mass is 300 g/mol. The summed E-state index contributed by atoms with van der Waals surface area (Å²) < 4.78 is 5.73. The summed E-state index contributed by atoms with van der Waals surface area (Å²) in [5, 5.41) is 11.9. The van der Waals surface area contributed by atoms with Crippen molar-refractivity contribution in [3.63, 3.8) is 0 Å². The first-order valence-corrected chi connectivity index (χ1v) is 7.80. The molecular formula is C15H28N2O4. The van der Waals surface area contributed by atoms with E-state index >= 15 is 0 Å². The normalized spacial score (nSPS) is 16.5. The summed E-state index contributed by atoms with van der Waals surface area (Å²) in [5.41, 5.74) is -1.22. The van der Waals surface area contributed by atoms with Crippen molar-refractivity contribution in [2.75, 3.05) is 19.7 Å². The molecule has 0 aromatic heterocycles. The first-order valence-electron chi connectivity index (χ1n) is 7.80. The van der Waals surface area contributed by atoms with Crippen LogP contribution in [0, 0.1) is 0 Å². The van der Waals surface area contributed by atoms with Gasteiger partial charge in [-0.25, -0.2) is 9.59 Å². The highest BCUT2D eigenvalue weighted by Gasteiger charge is 2.36. The lowest BCUT2D eigenvalue weighted by Gasteiger charge is -2.34. The number of nitrogens with zero attached hydrogens (tertiary/aromatic N) is 1. The molecule has 0 radical (unpaired) electrons. The number of hydrogen-bond donors (Lipinski definition) is 2. The van der Waals surface area contributed by atoms with Crippen LogP contribution in [0.5, 0.6) is 0 Å². The van der Waals surface area contributed by atoms with Crippen molar-refractivity contribution >= 4 is 12.0 Å². The standard InChI is InChI=1S/C15H28N2O4/c1-4-17(15(2,3)13(18)19)14(20)16-10-11-21-12-8-6-5-7-9-12/h12H,4-11H2,1-3H3,(H,16,20)(H,18,19). The van der Waals surface area contributed by atoms with Crippen molar-refractivity contribution in [1.82, 2.24) is 10.2 Å². The number of carboxylic acid groups (broad SMARTS) is 1. The van der Waals surface area contributed by atoms with E-state index in [0.29, 0.717) is 25.8 Å². The van der Waals surface area contributed by atoms with Crippen LogP contribution < -0.4 is 5.32 Å². The average molecular weight is 300 g/mol. The van der Waals surface area contributed by atoms with E-state index in [1.54, 1.807) is 6.92 Å². The lowest BCUT2D eigenvalue weighted by atomic mass is 9.98. The molecule has 122 valence electrons. The number of rotatable bonds is 7. The smallest absolute Gasteiger partial charge is 0.329 e. The molecule has 1 saturated carbocycles. The summed E-state index contributed by atoms with van der Waals surface area (Å²) in [5.74, 6) is -1.02. The molecule has 21 heavy (non-hydrogen) atoms. The Morgan fingerprint density at radius 3 is 2.43 bits per heavy atom. The van der Waals surface area contributed by atoms with Gasteiger partial charge in [-0.3, -0.25) is 0 Å². The van der Waals surface area contributed by atoms with Crippen LogP contribution in [-0.2, 0) is 9.53 Å². The summed E-state index contributed by atoms with van der Waals surface area (Å²) in [6, 6.07) is -0.364. The molecule has 1 aliphatic rings. The van der Waals surface area contributed by atoms with Crippen molar-refractivity contribution < 1.29 is 19.4 Å². The zero-order valence-electron chi connectivity index (χ0n) is 13.4. The number of nitrogens with one attached hydrogen (secondary N) is 1. The first-order chi connectivity index (χ1) is 9.89. The van der Waals surface area contributed by atoms with Crippen LogP contribution in [0.3, 0.4) is 0 Å². The van der Waals surface area contributed by atoms with E-state index in [1.807, 2.05) is 0 Å². The number of carboxylic acids is 1.